The van der Waals surface area contributed by atoms with Crippen LogP contribution in [0.4, 0.5) is 8.78 Å². The monoisotopic (exact) mass is 340 g/mol. The van der Waals surface area contributed by atoms with Gasteiger partial charge in [-0.15, -0.1) is 0 Å². The van der Waals surface area contributed by atoms with E-state index >= 15 is 0 Å². The van der Waals surface area contributed by atoms with Crippen molar-refractivity contribution < 1.29 is 18.1 Å². The lowest BCUT2D eigenvalue weighted by Crippen LogP contribution is -2.38. The van der Waals surface area contributed by atoms with Crippen LogP contribution < -0.4 is 5.56 Å². The topological polar surface area (TPSA) is 84.1 Å². The summed E-state index contributed by atoms with van der Waals surface area (Å²) in [6.07, 6.45) is 0.216. The summed E-state index contributed by atoms with van der Waals surface area (Å²) in [4.78, 5) is 25.4. The van der Waals surface area contributed by atoms with Crippen LogP contribution in [0.1, 0.15) is 40.6 Å². The van der Waals surface area contributed by atoms with Crippen LogP contribution in [0, 0.1) is 6.92 Å². The minimum atomic E-state index is -2.51. The molecule has 1 aliphatic heterocycles. The van der Waals surface area contributed by atoms with Gasteiger partial charge in [-0.25, -0.2) is 8.78 Å². The Hall–Kier alpha value is -2.45. The molecule has 1 amide bonds. The second-order valence-electron chi connectivity index (χ2n) is 5.92. The number of hydrogen-bond acceptors (Lipinski definition) is 4. The Labute approximate surface area is 136 Å². The van der Waals surface area contributed by atoms with E-state index in [4.69, 9.17) is 4.52 Å². The first-order valence-corrected chi connectivity index (χ1v) is 7.74. The number of likely N-dealkylation sites (tertiary alicyclic amines) is 1. The smallest absolute Gasteiger partial charge is 0.280 e. The van der Waals surface area contributed by atoms with E-state index < -0.39 is 13.0 Å². The summed E-state index contributed by atoms with van der Waals surface area (Å²) in [5, 5.41) is 6.24. The van der Waals surface area contributed by atoms with Crippen molar-refractivity contribution in [2.75, 3.05) is 13.1 Å². The van der Waals surface area contributed by atoms with E-state index in [2.05, 4.69) is 10.3 Å². The van der Waals surface area contributed by atoms with Crippen molar-refractivity contribution in [3.8, 4) is 0 Å². The van der Waals surface area contributed by atoms with Gasteiger partial charge in [-0.2, -0.15) is 10.3 Å². The molecule has 3 rings (SSSR count). The predicted molar refractivity (Wildman–Crippen MR) is 80.2 cm³/mol. The maximum absolute atomic E-state index is 12.6. The van der Waals surface area contributed by atoms with Crippen LogP contribution in [0.3, 0.4) is 0 Å². The molecule has 9 heteroatoms. The van der Waals surface area contributed by atoms with Gasteiger partial charge in [0.25, 0.3) is 17.9 Å². The molecule has 0 aromatic carbocycles. The molecule has 2 aromatic rings. The second kappa shape index (κ2) is 6.58. The van der Waals surface area contributed by atoms with Gasteiger partial charge in [0.1, 0.15) is 12.3 Å². The number of aromatic nitrogens is 3. The van der Waals surface area contributed by atoms with Gasteiger partial charge >= 0.3 is 0 Å². The van der Waals surface area contributed by atoms with Crippen molar-refractivity contribution >= 4 is 5.91 Å². The zero-order valence-corrected chi connectivity index (χ0v) is 13.2. The van der Waals surface area contributed by atoms with Crippen LogP contribution in [0.5, 0.6) is 0 Å². The van der Waals surface area contributed by atoms with Crippen molar-refractivity contribution in [2.24, 2.45) is 0 Å². The highest BCUT2D eigenvalue weighted by Crippen LogP contribution is 2.28. The van der Waals surface area contributed by atoms with Gasteiger partial charge in [0.2, 0.25) is 0 Å². The first kappa shape index (κ1) is 16.4. The number of carbonyl (C=O) groups is 1. The molecule has 130 valence electrons. The number of alkyl halides is 2. The van der Waals surface area contributed by atoms with Crippen molar-refractivity contribution in [3.05, 3.63) is 39.6 Å². The minimum Gasteiger partial charge on any atom is -0.383 e. The molecule has 0 spiro atoms. The lowest BCUT2D eigenvalue weighted by Gasteiger charge is -2.30. The van der Waals surface area contributed by atoms with E-state index in [0.717, 1.165) is 4.68 Å². The zero-order chi connectivity index (χ0) is 17.3. The van der Waals surface area contributed by atoms with Gasteiger partial charge in [0.15, 0.2) is 0 Å². The number of H-pyrrole nitrogens is 1. The van der Waals surface area contributed by atoms with Crippen molar-refractivity contribution in [1.29, 1.82) is 0 Å². The van der Waals surface area contributed by atoms with E-state index in [-0.39, 0.29) is 17.4 Å². The second-order valence-corrected chi connectivity index (χ2v) is 5.92. The van der Waals surface area contributed by atoms with Gasteiger partial charge in [0, 0.05) is 31.3 Å². The fourth-order valence-corrected chi connectivity index (χ4v) is 3.00. The molecule has 3 heterocycles. The number of rotatable bonds is 4. The summed E-state index contributed by atoms with van der Waals surface area (Å²) in [7, 11) is 0. The van der Waals surface area contributed by atoms with Crippen molar-refractivity contribution in [1.82, 2.24) is 19.8 Å². The van der Waals surface area contributed by atoms with E-state index in [1.54, 1.807) is 11.8 Å². The van der Waals surface area contributed by atoms with E-state index in [9.17, 15) is 18.4 Å². The molecule has 0 aliphatic carbocycles. The molecule has 0 saturated carbocycles. The molecule has 1 N–H and O–H groups in total. The Balaban J connectivity index is 1.65. The number of nitrogens with zero attached hydrogens (tertiary/aromatic N) is 3. The molecule has 0 unspecified atom stereocenters. The molecule has 24 heavy (non-hydrogen) atoms. The fraction of sp³-hybridized carbons (Fsp3) is 0.533. The SMILES string of the molecule is Cc1nn(CC(F)F)cc1C(=O)N1CCC(c2cc(=O)[nH]o2)CC1. The summed E-state index contributed by atoms with van der Waals surface area (Å²) < 4.78 is 31.1. The van der Waals surface area contributed by atoms with Gasteiger partial charge in [-0.1, -0.05) is 0 Å². The number of halogens is 2. The molecule has 1 saturated heterocycles. The van der Waals surface area contributed by atoms with Crippen LogP contribution in [-0.2, 0) is 6.54 Å². The predicted octanol–water partition coefficient (Wildman–Crippen LogP) is 1.76. The molecular weight excluding hydrogens is 322 g/mol. The molecule has 7 nitrogen and oxygen atoms in total. The lowest BCUT2D eigenvalue weighted by molar-refractivity contribution is 0.0704. The highest BCUT2D eigenvalue weighted by Gasteiger charge is 2.28. The number of nitrogens with one attached hydrogen (secondary N) is 1. The normalized spacial score (nSPS) is 16.1. The Kier molecular flexibility index (Phi) is 4.50. The standard InChI is InChI=1S/C15H18F2N4O3/c1-9-11(7-21(18-9)8-13(16)17)15(23)20-4-2-10(3-5-20)12-6-14(22)19-24-12/h6-7,10,13H,2-5,8H2,1H3,(H,19,22). The first-order valence-electron chi connectivity index (χ1n) is 7.74. The third-order valence-corrected chi connectivity index (χ3v) is 4.23. The average molecular weight is 340 g/mol. The van der Waals surface area contributed by atoms with E-state index in [0.29, 0.717) is 42.9 Å². The third kappa shape index (κ3) is 3.39. The van der Waals surface area contributed by atoms with Gasteiger partial charge in [0.05, 0.1) is 11.3 Å². The van der Waals surface area contributed by atoms with Crippen LogP contribution in [0.2, 0.25) is 0 Å². The quantitative estimate of drug-likeness (QED) is 0.919. The Morgan fingerprint density at radius 3 is 2.75 bits per heavy atom. The molecule has 1 fully saturated rings. The number of amides is 1. The van der Waals surface area contributed by atoms with Crippen LogP contribution in [0.25, 0.3) is 0 Å². The minimum absolute atomic E-state index is 0.0932. The Bertz CT molecular complexity index is 772. The summed E-state index contributed by atoms with van der Waals surface area (Å²) >= 11 is 0. The highest BCUT2D eigenvalue weighted by atomic mass is 19.3. The maximum atomic E-state index is 12.6. The van der Waals surface area contributed by atoms with E-state index in [1.807, 2.05) is 0 Å². The average Bonchev–Trinajstić information content (AvgIpc) is 3.12. The van der Waals surface area contributed by atoms with Gasteiger partial charge < -0.3 is 9.42 Å². The summed E-state index contributed by atoms with van der Waals surface area (Å²) in [5.74, 6) is 0.491. The fourth-order valence-electron chi connectivity index (χ4n) is 3.00. The number of hydrogen-bond donors (Lipinski definition) is 1. The van der Waals surface area contributed by atoms with Crippen LogP contribution >= 0.6 is 0 Å². The number of aromatic amines is 1. The van der Waals surface area contributed by atoms with Crippen molar-refractivity contribution in [2.45, 2.75) is 38.7 Å². The summed E-state index contributed by atoms with van der Waals surface area (Å²) in [6.45, 7) is 2.13. The number of piperidine rings is 1. The Morgan fingerprint density at radius 1 is 1.46 bits per heavy atom. The number of carbonyl (C=O) groups excluding carboxylic acids is 1. The molecule has 0 radical (unpaired) electrons. The van der Waals surface area contributed by atoms with Crippen molar-refractivity contribution in [3.63, 3.8) is 0 Å². The molecule has 1 aliphatic rings. The number of aryl methyl sites for hydroxylation is 1. The molecule has 0 bridgehead atoms. The lowest BCUT2D eigenvalue weighted by atomic mass is 9.94. The first-order chi connectivity index (χ1) is 11.4. The third-order valence-electron chi connectivity index (χ3n) is 4.23. The van der Waals surface area contributed by atoms with Crippen LogP contribution in [0.15, 0.2) is 21.6 Å². The van der Waals surface area contributed by atoms with Crippen LogP contribution in [-0.4, -0.2) is 45.3 Å². The van der Waals surface area contributed by atoms with Gasteiger partial charge in [-0.3, -0.25) is 14.3 Å². The molecule has 2 aromatic heterocycles. The Morgan fingerprint density at radius 2 is 2.17 bits per heavy atom. The molecule has 0 atom stereocenters. The summed E-state index contributed by atoms with van der Waals surface area (Å²) in [5.41, 5.74) is 0.521. The molecular formula is C15H18F2N4O3. The largest absolute Gasteiger partial charge is 0.383 e. The van der Waals surface area contributed by atoms with E-state index in [1.165, 1.54) is 12.3 Å². The maximum Gasteiger partial charge on any atom is 0.280 e. The van der Waals surface area contributed by atoms with Gasteiger partial charge in [-0.05, 0) is 19.8 Å². The summed E-state index contributed by atoms with van der Waals surface area (Å²) in [6, 6.07) is 1.43. The zero-order valence-electron chi connectivity index (χ0n) is 13.2. The highest BCUT2D eigenvalue weighted by molar-refractivity contribution is 5.95.